The van der Waals surface area contributed by atoms with Crippen LogP contribution in [0, 0.1) is 0 Å². The van der Waals surface area contributed by atoms with Gasteiger partial charge in [0.05, 0.1) is 11.8 Å². The molecule has 2 heterocycles. The van der Waals surface area contributed by atoms with Gasteiger partial charge in [-0.25, -0.2) is 4.98 Å². The van der Waals surface area contributed by atoms with Crippen molar-refractivity contribution in [2.45, 2.75) is 38.2 Å². The van der Waals surface area contributed by atoms with E-state index in [1.54, 1.807) is 21.0 Å². The highest BCUT2D eigenvalue weighted by atomic mass is 32.1. The summed E-state index contributed by atoms with van der Waals surface area (Å²) in [6.45, 7) is 5.15. The number of hydrogen-bond acceptors (Lipinski definition) is 5. The van der Waals surface area contributed by atoms with Crippen LogP contribution in [-0.2, 0) is 14.9 Å². The predicted octanol–water partition coefficient (Wildman–Crippen LogP) is 2.12. The fourth-order valence-electron chi connectivity index (χ4n) is 2.11. The van der Waals surface area contributed by atoms with Gasteiger partial charge in [0.1, 0.15) is 5.41 Å². The zero-order valence-electron chi connectivity index (χ0n) is 11.5. The first-order chi connectivity index (χ1) is 8.95. The van der Waals surface area contributed by atoms with Crippen molar-refractivity contribution in [2.75, 3.05) is 25.1 Å². The van der Waals surface area contributed by atoms with Crippen molar-refractivity contribution >= 4 is 22.4 Å². The Labute approximate surface area is 117 Å². The molecule has 0 radical (unpaired) electrons. The highest BCUT2D eigenvalue weighted by molar-refractivity contribution is 7.13. The summed E-state index contributed by atoms with van der Waals surface area (Å²) in [6.07, 6.45) is 2.40. The molecular weight excluding hydrogens is 264 g/mol. The quantitative estimate of drug-likeness (QED) is 0.917. The van der Waals surface area contributed by atoms with Gasteiger partial charge in [-0.2, -0.15) is 0 Å². The molecule has 1 aliphatic rings. The summed E-state index contributed by atoms with van der Waals surface area (Å²) in [5.74, 6) is -0.849. The van der Waals surface area contributed by atoms with Gasteiger partial charge in [-0.1, -0.05) is 0 Å². The smallest absolute Gasteiger partial charge is 0.315 e. The van der Waals surface area contributed by atoms with Crippen molar-refractivity contribution < 1.29 is 14.6 Å². The summed E-state index contributed by atoms with van der Waals surface area (Å²) >= 11 is 1.51. The molecule has 1 fully saturated rings. The minimum atomic E-state index is -0.939. The summed E-state index contributed by atoms with van der Waals surface area (Å²) in [4.78, 5) is 17.9. The summed E-state index contributed by atoms with van der Waals surface area (Å²) in [6, 6.07) is 0. The molecule has 0 saturated carbocycles. The molecule has 0 aromatic carbocycles. The molecule has 1 N–H and O–H groups in total. The number of anilines is 1. The van der Waals surface area contributed by atoms with Crippen molar-refractivity contribution in [2.24, 2.45) is 0 Å². The number of nitrogens with zero attached hydrogens (tertiary/aromatic N) is 2. The summed E-state index contributed by atoms with van der Waals surface area (Å²) in [5, 5.41) is 12.0. The number of carboxylic acid groups (broad SMARTS) is 1. The van der Waals surface area contributed by atoms with Crippen LogP contribution in [0.15, 0.2) is 5.38 Å². The Morgan fingerprint density at radius 1 is 1.63 bits per heavy atom. The zero-order chi connectivity index (χ0) is 14.0. The molecule has 0 amide bonds. The van der Waals surface area contributed by atoms with E-state index in [4.69, 9.17) is 4.74 Å². The fraction of sp³-hybridized carbons (Fsp3) is 0.692. The number of thiazole rings is 1. The largest absolute Gasteiger partial charge is 0.481 e. The van der Waals surface area contributed by atoms with Crippen LogP contribution in [0.25, 0.3) is 0 Å². The maximum atomic E-state index is 11.2. The van der Waals surface area contributed by atoms with E-state index >= 15 is 0 Å². The molecular formula is C13H20N2O3S. The second-order valence-corrected chi connectivity index (χ2v) is 6.23. The molecule has 1 aromatic rings. The Hall–Kier alpha value is -1.14. The van der Waals surface area contributed by atoms with Gasteiger partial charge >= 0.3 is 5.97 Å². The van der Waals surface area contributed by atoms with Crippen LogP contribution in [0.3, 0.4) is 0 Å². The van der Waals surface area contributed by atoms with Crippen LogP contribution >= 0.6 is 11.3 Å². The molecule has 2 rings (SSSR count). The molecule has 1 aliphatic heterocycles. The minimum absolute atomic E-state index is 0.244. The van der Waals surface area contributed by atoms with Gasteiger partial charge < -0.3 is 14.7 Å². The topological polar surface area (TPSA) is 62.7 Å². The molecule has 1 unspecified atom stereocenters. The lowest BCUT2D eigenvalue weighted by molar-refractivity contribution is -0.142. The molecule has 1 aromatic heterocycles. The third-order valence-electron chi connectivity index (χ3n) is 3.65. The molecule has 0 aliphatic carbocycles. The Morgan fingerprint density at radius 3 is 3.00 bits per heavy atom. The van der Waals surface area contributed by atoms with Crippen molar-refractivity contribution in [3.05, 3.63) is 11.1 Å². The second-order valence-electron chi connectivity index (χ2n) is 5.39. The van der Waals surface area contributed by atoms with Crippen molar-refractivity contribution in [1.29, 1.82) is 0 Å². The Bertz CT molecular complexity index is 458. The zero-order valence-corrected chi connectivity index (χ0v) is 12.4. The van der Waals surface area contributed by atoms with Gasteiger partial charge in [0.2, 0.25) is 0 Å². The fourth-order valence-corrected chi connectivity index (χ4v) is 3.14. The molecule has 1 saturated heterocycles. The van der Waals surface area contributed by atoms with Gasteiger partial charge in [-0.05, 0) is 26.7 Å². The Morgan fingerprint density at radius 2 is 2.37 bits per heavy atom. The Kier molecular flexibility index (Phi) is 4.10. The van der Waals surface area contributed by atoms with E-state index in [0.29, 0.717) is 5.69 Å². The number of hydrogen-bond donors (Lipinski definition) is 1. The maximum absolute atomic E-state index is 11.2. The molecule has 0 bridgehead atoms. The molecule has 5 nitrogen and oxygen atoms in total. The monoisotopic (exact) mass is 284 g/mol. The van der Waals surface area contributed by atoms with E-state index in [9.17, 15) is 9.90 Å². The number of aliphatic carboxylic acids is 1. The van der Waals surface area contributed by atoms with Gasteiger partial charge in [0, 0.05) is 25.6 Å². The lowest BCUT2D eigenvalue weighted by atomic mass is 9.90. The van der Waals surface area contributed by atoms with Crippen LogP contribution in [0.4, 0.5) is 5.13 Å². The molecule has 6 heteroatoms. The number of methoxy groups -OCH3 is 1. The van der Waals surface area contributed by atoms with E-state index in [0.717, 1.165) is 31.1 Å². The normalized spacial score (nSPS) is 20.6. The first-order valence-electron chi connectivity index (χ1n) is 6.42. The van der Waals surface area contributed by atoms with Crippen LogP contribution in [0.5, 0.6) is 0 Å². The van der Waals surface area contributed by atoms with Crippen LogP contribution in [-0.4, -0.2) is 42.4 Å². The highest BCUT2D eigenvalue weighted by Gasteiger charge is 2.33. The van der Waals surface area contributed by atoms with Crippen molar-refractivity contribution in [3.8, 4) is 0 Å². The average molecular weight is 284 g/mol. The molecule has 106 valence electrons. The minimum Gasteiger partial charge on any atom is -0.481 e. The van der Waals surface area contributed by atoms with Gasteiger partial charge in [-0.3, -0.25) is 4.79 Å². The van der Waals surface area contributed by atoms with E-state index in [2.05, 4.69) is 9.88 Å². The maximum Gasteiger partial charge on any atom is 0.315 e. The number of carboxylic acids is 1. The molecule has 19 heavy (non-hydrogen) atoms. The van der Waals surface area contributed by atoms with Gasteiger partial charge in [-0.15, -0.1) is 11.3 Å². The van der Waals surface area contributed by atoms with Gasteiger partial charge in [0.15, 0.2) is 5.13 Å². The SMILES string of the molecule is COC1CCCN(c2nc(C(C)(C)C(=O)O)cs2)C1. The van der Waals surface area contributed by atoms with E-state index < -0.39 is 11.4 Å². The average Bonchev–Trinajstić information content (AvgIpc) is 2.89. The van der Waals surface area contributed by atoms with Crippen LogP contribution in [0.2, 0.25) is 0 Å². The van der Waals surface area contributed by atoms with E-state index in [1.165, 1.54) is 11.3 Å². The second kappa shape index (κ2) is 5.46. The van der Waals surface area contributed by atoms with E-state index in [1.807, 2.05) is 5.38 Å². The number of piperidine rings is 1. The standard InChI is InChI=1S/C13H20N2O3S/c1-13(2,11(16)17)10-8-19-12(14-10)15-6-4-5-9(7-15)18-3/h8-9H,4-7H2,1-3H3,(H,16,17). The van der Waals surface area contributed by atoms with Gasteiger partial charge in [0.25, 0.3) is 0 Å². The number of carbonyl (C=O) groups is 1. The first-order valence-corrected chi connectivity index (χ1v) is 7.30. The number of aromatic nitrogens is 1. The Balaban J connectivity index is 2.15. The summed E-state index contributed by atoms with van der Waals surface area (Å²) < 4.78 is 5.40. The van der Waals surface area contributed by atoms with E-state index in [-0.39, 0.29) is 6.10 Å². The van der Waals surface area contributed by atoms with Crippen molar-refractivity contribution in [3.63, 3.8) is 0 Å². The number of ether oxygens (including phenoxy) is 1. The lowest BCUT2D eigenvalue weighted by Crippen LogP contribution is -2.39. The number of rotatable bonds is 4. The summed E-state index contributed by atoms with van der Waals surface area (Å²) in [5.41, 5.74) is -0.315. The first kappa shape index (κ1) is 14.3. The van der Waals surface area contributed by atoms with Crippen LogP contribution < -0.4 is 4.90 Å². The third-order valence-corrected chi connectivity index (χ3v) is 4.55. The lowest BCUT2D eigenvalue weighted by Gasteiger charge is -2.31. The molecule has 0 spiro atoms. The third kappa shape index (κ3) is 2.90. The highest BCUT2D eigenvalue weighted by Crippen LogP contribution is 2.30. The molecule has 1 atom stereocenters. The van der Waals surface area contributed by atoms with Crippen LogP contribution in [0.1, 0.15) is 32.4 Å². The van der Waals surface area contributed by atoms with Crippen molar-refractivity contribution in [1.82, 2.24) is 4.98 Å². The predicted molar refractivity (Wildman–Crippen MR) is 75.0 cm³/mol. The summed E-state index contributed by atoms with van der Waals surface area (Å²) in [7, 11) is 1.73.